The quantitative estimate of drug-likeness (QED) is 0.0501. The molecule has 0 unspecified atom stereocenters. The van der Waals surface area contributed by atoms with E-state index in [1.807, 2.05) is 77.5 Å². The average Bonchev–Trinajstić information content (AvgIpc) is 0.906. The molecule has 4 nitrogen and oxygen atoms in total. The van der Waals surface area contributed by atoms with E-state index in [1.54, 1.807) is 18.5 Å². The van der Waals surface area contributed by atoms with Crippen molar-refractivity contribution in [3.63, 3.8) is 0 Å². The van der Waals surface area contributed by atoms with Crippen molar-refractivity contribution in [3.8, 4) is 5.75 Å². The van der Waals surface area contributed by atoms with Gasteiger partial charge in [0.1, 0.15) is 11.9 Å². The van der Waals surface area contributed by atoms with Gasteiger partial charge in [0, 0.05) is 5.56 Å². The Kier molecular flexibility index (Phi) is 16.6. The second kappa shape index (κ2) is 22.1. The Morgan fingerprint density at radius 3 is 1.02 bits per heavy atom. The van der Waals surface area contributed by atoms with Crippen molar-refractivity contribution in [3.05, 3.63) is 220 Å². The van der Waals surface area contributed by atoms with Gasteiger partial charge in [0.15, 0.2) is 12.7 Å². The molecular weight excluding hydrogens is 1180 g/mol. The monoisotopic (exact) mass is 1200 g/mol. The highest BCUT2D eigenvalue weighted by Gasteiger charge is 2.47. The molecule has 7 aromatic carbocycles. The van der Waals surface area contributed by atoms with Crippen LogP contribution < -0.4 is 31.2 Å². The second-order valence-corrected chi connectivity index (χ2v) is 18.2. The number of hydrogen-bond acceptors (Lipinski definition) is 3. The third-order valence-corrected chi connectivity index (χ3v) is 12.5. The average molecular weight is 1200 g/mol. The third-order valence-electron chi connectivity index (χ3n) is 12.5. The molecule has 0 saturated carbocycles. The predicted octanol–water partition coefficient (Wildman–Crippen LogP) is 15.0. The van der Waals surface area contributed by atoms with E-state index in [4.69, 9.17) is 4.74 Å². The molecule has 0 atom stereocenters. The minimum Gasteiger partial charge on any atom is -0.422 e. The van der Waals surface area contributed by atoms with Crippen LogP contribution in [0.15, 0.2) is 164 Å². The zero-order valence-electron chi connectivity index (χ0n) is 40.7. The number of halogens is 24. The highest BCUT2D eigenvalue weighted by Crippen LogP contribution is 2.41. The highest BCUT2D eigenvalue weighted by molar-refractivity contribution is 7.20. The molecule has 0 N–H and O–H groups in total. The number of hydrogen-bond donors (Lipinski definition) is 0. The van der Waals surface area contributed by atoms with Crippen molar-refractivity contribution in [1.29, 1.82) is 0 Å². The Morgan fingerprint density at radius 2 is 0.699 bits per heavy atom. The van der Waals surface area contributed by atoms with Crippen LogP contribution in [0.2, 0.25) is 0 Å². The van der Waals surface area contributed by atoms with Gasteiger partial charge in [-0.3, -0.25) is 0 Å². The first kappa shape index (κ1) is 62.3. The Bertz CT molecular complexity index is 3230. The van der Waals surface area contributed by atoms with E-state index in [9.17, 15) is 110 Å². The molecule has 0 aliphatic rings. The molecule has 0 fully saturated rings. The molecule has 29 heteroatoms. The molecule has 1 aromatic heterocycles. The van der Waals surface area contributed by atoms with E-state index in [0.29, 0.717) is 12.3 Å². The smallest absolute Gasteiger partial charge is 0.416 e. The standard InChI is InChI=1S/C32H12BF24.C22H17N2O2/c34-25(35,36)13-1-14(26(37,38)39)6-21(5-13)33(22-7-15(27(40,41)42)2-16(8-22)28(43,44)45,23-9-17(29(46,47)48)3-18(10-23)30(49,50)51)24-11-19(31(52,53)54)4-20(12-24)32(55,56)57;25-22(26-20-11-10-18-8-4-5-9-19(18)14-20)21-16-24(13-12-23-21)15-17-6-2-1-3-7-17/h1-12H;1-14,16H,15H2/q-1;+1. The van der Waals surface area contributed by atoms with Crippen molar-refractivity contribution >= 4 is 44.7 Å². The molecule has 0 saturated heterocycles. The van der Waals surface area contributed by atoms with Gasteiger partial charge in [-0.1, -0.05) is 109 Å². The number of carbonyl (C=O) groups is 1. The van der Waals surface area contributed by atoms with Crippen LogP contribution in [0.25, 0.3) is 10.8 Å². The number of rotatable bonds is 8. The summed E-state index contributed by atoms with van der Waals surface area (Å²) in [6.45, 7) is 0.666. The van der Waals surface area contributed by atoms with Gasteiger partial charge in [-0.05, 0) is 47.2 Å². The van der Waals surface area contributed by atoms with Gasteiger partial charge < -0.3 is 4.74 Å². The summed E-state index contributed by atoms with van der Waals surface area (Å²) in [5.74, 6) is 0.0386. The predicted molar refractivity (Wildman–Crippen MR) is 249 cm³/mol. The van der Waals surface area contributed by atoms with Crippen molar-refractivity contribution in [2.75, 3.05) is 0 Å². The summed E-state index contributed by atoms with van der Waals surface area (Å²) in [4.78, 5) is 16.6. The van der Waals surface area contributed by atoms with Crippen molar-refractivity contribution in [1.82, 2.24) is 4.98 Å². The van der Waals surface area contributed by atoms with Crippen molar-refractivity contribution < 1.29 is 119 Å². The van der Waals surface area contributed by atoms with Crippen LogP contribution in [0.3, 0.4) is 0 Å². The van der Waals surface area contributed by atoms with Crippen LogP contribution >= 0.6 is 0 Å². The summed E-state index contributed by atoms with van der Waals surface area (Å²) in [6.07, 6.45) is -49.7. The topological polar surface area (TPSA) is 43.1 Å². The van der Waals surface area contributed by atoms with E-state index in [-0.39, 0.29) is 5.69 Å². The van der Waals surface area contributed by atoms with Gasteiger partial charge in [-0.15, -0.1) is 0 Å². The maximum absolute atomic E-state index is 14.2. The first-order valence-corrected chi connectivity index (χ1v) is 23.0. The van der Waals surface area contributed by atoms with Crippen LogP contribution in [0.4, 0.5) is 105 Å². The number of carbonyl (C=O) groups excluding carboxylic acids is 1. The maximum Gasteiger partial charge on any atom is 0.416 e. The lowest BCUT2D eigenvalue weighted by Crippen LogP contribution is -2.75. The van der Waals surface area contributed by atoms with E-state index < -0.39 is 201 Å². The van der Waals surface area contributed by atoms with Gasteiger partial charge >= 0.3 is 55.4 Å². The molecule has 0 amide bonds. The minimum absolute atomic E-state index is 0.275. The van der Waals surface area contributed by atoms with E-state index in [2.05, 4.69) is 4.98 Å². The highest BCUT2D eigenvalue weighted by atomic mass is 19.4. The largest absolute Gasteiger partial charge is 0.422 e. The summed E-state index contributed by atoms with van der Waals surface area (Å²) < 4.78 is 348. The van der Waals surface area contributed by atoms with Gasteiger partial charge in [0.25, 0.3) is 0 Å². The van der Waals surface area contributed by atoms with Crippen LogP contribution in [-0.2, 0) is 56.0 Å². The van der Waals surface area contributed by atoms with Crippen LogP contribution in [0.1, 0.15) is 60.6 Å². The SMILES string of the molecule is FC(F)(F)c1cc([B-](c2cc(C(F)(F)F)cc(C(F)(F)F)c2)(c2cc(C(F)(F)F)cc(C(F)(F)F)c2)c2cc(C(F)(F)F)cc(C(F)(F)F)c2)cc(C(F)(F)F)c1.O=C(Oc1ccc2ccccc2c1)c1c[n+](Cc2ccccc2)ccn1. The molecule has 1 heterocycles. The first-order chi connectivity index (χ1) is 38.0. The first-order valence-electron chi connectivity index (χ1n) is 23.0. The number of aromatic nitrogens is 2. The fourth-order valence-corrected chi connectivity index (χ4v) is 8.89. The third kappa shape index (κ3) is 14.5. The molecule has 83 heavy (non-hydrogen) atoms. The normalized spacial score (nSPS) is 13.2. The summed E-state index contributed by atoms with van der Waals surface area (Å²) in [7, 11) is 0. The molecule has 0 aliphatic heterocycles. The molecule has 8 rings (SSSR count). The number of esters is 1. The minimum atomic E-state index is -6.13. The molecule has 0 bridgehead atoms. The number of nitrogens with zero attached hydrogens (tertiary/aromatic N) is 2. The summed E-state index contributed by atoms with van der Waals surface area (Å²) >= 11 is 0. The fourth-order valence-electron chi connectivity index (χ4n) is 8.89. The van der Waals surface area contributed by atoms with Gasteiger partial charge in [-0.25, -0.2) is 9.78 Å². The number of ether oxygens (including phenoxy) is 1. The molecule has 0 radical (unpaired) electrons. The lowest BCUT2D eigenvalue weighted by Gasteiger charge is -2.46. The molecule has 438 valence electrons. The lowest BCUT2D eigenvalue weighted by atomic mass is 9.12. The van der Waals surface area contributed by atoms with Gasteiger partial charge in [0.2, 0.25) is 11.9 Å². The zero-order valence-corrected chi connectivity index (χ0v) is 40.7. The Labute approximate surface area is 450 Å². The summed E-state index contributed by atoms with van der Waals surface area (Å²) in [5, 5.41) is 2.13. The number of fused-ring (bicyclic) bond motifs is 1. The Morgan fingerprint density at radius 1 is 0.386 bits per heavy atom. The van der Waals surface area contributed by atoms with Gasteiger partial charge in [0.05, 0.1) is 50.7 Å². The lowest BCUT2D eigenvalue weighted by molar-refractivity contribution is -0.689. The van der Waals surface area contributed by atoms with Crippen molar-refractivity contribution in [2.45, 2.75) is 56.0 Å². The van der Waals surface area contributed by atoms with Crippen LogP contribution in [0, 0.1) is 0 Å². The number of benzene rings is 7. The summed E-state index contributed by atoms with van der Waals surface area (Å²) in [6, 6.07) is 14.8. The molecule has 0 spiro atoms. The van der Waals surface area contributed by atoms with E-state index in [0.717, 1.165) is 16.3 Å². The summed E-state index contributed by atoms with van der Waals surface area (Å²) in [5.41, 5.74) is -28.8. The molecule has 8 aromatic rings. The molecular formula is C54H29BF24N2O2. The zero-order chi connectivity index (χ0) is 61.7. The molecule has 0 aliphatic carbocycles. The Hall–Kier alpha value is -8.27. The van der Waals surface area contributed by atoms with Crippen LogP contribution in [0.5, 0.6) is 5.75 Å². The fraction of sp³-hybridized carbons (Fsp3) is 0.167. The van der Waals surface area contributed by atoms with Crippen molar-refractivity contribution in [2.24, 2.45) is 0 Å². The van der Waals surface area contributed by atoms with E-state index >= 15 is 0 Å². The van der Waals surface area contributed by atoms with Crippen LogP contribution in [-0.4, -0.2) is 17.1 Å². The number of alkyl halides is 24. The maximum atomic E-state index is 14.2. The van der Waals surface area contributed by atoms with E-state index in [1.165, 1.54) is 0 Å². The van der Waals surface area contributed by atoms with Gasteiger partial charge in [-0.2, -0.15) is 132 Å². The Balaban J connectivity index is 0.000000313. The second-order valence-electron chi connectivity index (χ2n) is 18.2.